The van der Waals surface area contributed by atoms with E-state index in [1.54, 1.807) is 20.8 Å². The molecule has 4 unspecified atom stereocenters. The van der Waals surface area contributed by atoms with Gasteiger partial charge in [-0.15, -0.1) is 155 Å². The van der Waals surface area contributed by atoms with Crippen molar-refractivity contribution in [2.45, 2.75) is 224 Å². The van der Waals surface area contributed by atoms with E-state index in [4.69, 9.17) is 0 Å². The minimum Gasteiger partial charge on any atom is -0.684 e. The SMILES string of the molecule is CC.CC.CC.CC.CC.CC.Cc1c[c-]c(C(=O)[N-]C2CCC(=O)NC2=O)cc1F.Cc1cc[c-]c(C(=O)[N-]C2CCC(=O)NC2=O)c1F.Cc1ccc(C(=O)[N-]C2CCC(=O)NC2=O)[c-]c1F.Cc1ccc(F)[c-]c1C(=O)[N-]C1CCC(=O)NC1=O.O=C1CC[C@@H]([N-]C(=O)c2[c-]c(F)ccc2)C(=O)N1.O=C1CC[C@H]([N-]C(=O)c2[c-]c(F)ccc2)C(=O)N1.[W+2].[W+2].[W+2].[W+2].[W+2].[W+2]. The maximum absolute atomic E-state index is 13.7. The average Bonchev–Trinajstić information content (AvgIpc) is 0.834. The molecule has 6 aromatic carbocycles. The van der Waals surface area contributed by atoms with Crippen LogP contribution in [0.15, 0.2) is 84.9 Å². The molecule has 0 radical (unpaired) electrons. The molecule has 0 bridgehead atoms. The van der Waals surface area contributed by atoms with Crippen molar-refractivity contribution in [3.05, 3.63) is 244 Å². The van der Waals surface area contributed by atoms with Gasteiger partial charge in [0.2, 0.25) is 70.9 Å². The Labute approximate surface area is 838 Å². The molecule has 18 amide bonds. The van der Waals surface area contributed by atoms with Crippen LogP contribution < -0.4 is 31.9 Å². The van der Waals surface area contributed by atoms with E-state index in [9.17, 15) is 113 Å². The Morgan fingerprint density at radius 2 is 0.577 bits per heavy atom. The molecule has 6 aliphatic rings. The number of aryl methyl sites for hydroxylation is 4. The Morgan fingerprint density at radius 1 is 0.300 bits per heavy atom. The fourth-order valence-electron chi connectivity index (χ4n) is 10.0. The van der Waals surface area contributed by atoms with Crippen molar-refractivity contribution in [2.24, 2.45) is 0 Å². The van der Waals surface area contributed by atoms with Crippen LogP contribution in [0.5, 0.6) is 0 Å². The zero-order chi connectivity index (χ0) is 94.2. The quantitative estimate of drug-likeness (QED) is 0.0376. The van der Waals surface area contributed by atoms with Gasteiger partial charge in [0.25, 0.3) is 0 Å². The summed E-state index contributed by atoms with van der Waals surface area (Å²) >= 11 is 0. The van der Waals surface area contributed by atoms with E-state index < -0.39 is 148 Å². The third kappa shape index (κ3) is 45.7. The molecule has 6 N–H and O–H groups in total. The summed E-state index contributed by atoms with van der Waals surface area (Å²) < 4.78 is 79.0. The summed E-state index contributed by atoms with van der Waals surface area (Å²) in [5.74, 6) is -14.1. The number of imide groups is 6. The molecule has 42 heteroatoms. The third-order valence-electron chi connectivity index (χ3n) is 16.2. The van der Waals surface area contributed by atoms with Gasteiger partial charge in [-0.1, -0.05) is 133 Å². The summed E-state index contributed by atoms with van der Waals surface area (Å²) in [4.78, 5) is 205. The Bertz CT molecular complexity index is 4570. The third-order valence-corrected chi connectivity index (χ3v) is 16.2. The summed E-state index contributed by atoms with van der Waals surface area (Å²) in [7, 11) is 0. The first-order valence-electron chi connectivity index (χ1n) is 39.6. The molecule has 0 aromatic heterocycles. The van der Waals surface area contributed by atoms with Gasteiger partial charge in [-0.25, -0.2) is 22.0 Å². The van der Waals surface area contributed by atoms with Crippen molar-refractivity contribution in [1.82, 2.24) is 31.9 Å². The first-order valence-corrected chi connectivity index (χ1v) is 39.6. The normalized spacial score (nSPS) is 16.7. The standard InChI is InChI=1S/4C13H12FN2O3.2C12H10FN2O3.6C2H6.6W/c1-7-2-3-8(14)6-9(7)12(18)15-10-4-5-11(17)16-13(10)19;2*1-7-2-3-8(6-9(7)14)12(18)15-10-4-5-11(17)16-13(10)19;1-7-3-2-4-8(11(7)14)12(18)15-9-5-6-10(17)16-13(9)19;2*13-8-3-1-2-7(6-8)11(17)14-9-4-5-10(16)15-12(9)18;6*1-2;;;;;;/h2-3,10H,4-5H2,1H3,(H2,15,16,17,18,19);2,6,10H,4-5H2,1H3,(H2,15,16,17,18,19);2-3,10H,4-5H2,1H3,(H2,15,16,17,18,19);2-3,9H,5-6H2,1H3,(H2,15,16,17,18,19);2*1-3,9H,4-5H2,(H2,14,15,16,17,18);6*1-2H3;;;;;;/q6*-1;;;;;;;6*+2/p-6/t;;;;2*9-;;;;;;;;;;;;/m....10............/s1. The van der Waals surface area contributed by atoms with Gasteiger partial charge in [-0.3, -0.25) is 93.8 Å². The van der Waals surface area contributed by atoms with Gasteiger partial charge in [0.1, 0.15) is 0 Å². The Balaban J connectivity index is -0.000000343. The largest absolute Gasteiger partial charge is 2.00 e. The van der Waals surface area contributed by atoms with Crippen LogP contribution in [0.4, 0.5) is 26.3 Å². The second-order valence-corrected chi connectivity index (χ2v) is 24.7. The number of hydrogen-bond acceptors (Lipinski definition) is 18. The van der Waals surface area contributed by atoms with Gasteiger partial charge in [-0.05, 0) is 110 Å². The fourth-order valence-corrected chi connectivity index (χ4v) is 10.0. The fraction of sp³-hybridized carbons (Fsp3) is 0.386. The summed E-state index contributed by atoms with van der Waals surface area (Å²) in [5, 5.41) is 34.6. The predicted octanol–water partition coefficient (Wildman–Crippen LogP) is 13.0. The molecule has 6 saturated heterocycles. The smallest absolute Gasteiger partial charge is 0.684 e. The van der Waals surface area contributed by atoms with Gasteiger partial charge in [0.15, 0.2) is 0 Å². The van der Waals surface area contributed by atoms with E-state index in [1.807, 2.05) is 83.1 Å². The number of piperidine rings is 6. The Morgan fingerprint density at radius 3 is 0.869 bits per heavy atom. The van der Waals surface area contributed by atoms with Crippen molar-refractivity contribution in [2.75, 3.05) is 0 Å². The second-order valence-electron chi connectivity index (χ2n) is 24.7. The van der Waals surface area contributed by atoms with Crippen molar-refractivity contribution in [1.29, 1.82) is 0 Å². The molecule has 0 aliphatic carbocycles. The first-order chi connectivity index (χ1) is 59.0. The number of benzene rings is 6. The summed E-state index contributed by atoms with van der Waals surface area (Å²) in [5.41, 5.74) is 1.15. The summed E-state index contributed by atoms with van der Waals surface area (Å²) in [6.07, 6.45) is 1.90. The molecule has 6 aliphatic heterocycles. The molecule has 6 aromatic rings. The average molecular weight is 2830 g/mol. The molecular formula is C88H98F6N12O18W6. The molecule has 6 atom stereocenters. The van der Waals surface area contributed by atoms with Gasteiger partial charge in [-0.2, -0.15) is 0 Å². The Kier molecular flexibility index (Phi) is 71.2. The summed E-state index contributed by atoms with van der Waals surface area (Å²) in [6, 6.07) is 27.1. The van der Waals surface area contributed by atoms with E-state index in [2.05, 4.69) is 100 Å². The van der Waals surface area contributed by atoms with Crippen molar-refractivity contribution in [3.63, 3.8) is 0 Å². The number of rotatable bonds is 12. The van der Waals surface area contributed by atoms with Crippen molar-refractivity contribution < 1.29 is 239 Å². The monoisotopic (exact) mass is 2830 g/mol. The molecule has 0 spiro atoms. The van der Waals surface area contributed by atoms with Gasteiger partial charge < -0.3 is 60.7 Å². The zero-order valence-electron chi connectivity index (χ0n) is 73.8. The maximum atomic E-state index is 13.7. The molecule has 6 heterocycles. The number of hydrogen-bond donors (Lipinski definition) is 6. The van der Waals surface area contributed by atoms with Crippen LogP contribution >= 0.6 is 0 Å². The number of nitrogens with one attached hydrogen (secondary N) is 6. The number of carbonyl (C=O) groups excluding carboxylic acids is 18. The minimum atomic E-state index is -0.946. The van der Waals surface area contributed by atoms with Crippen LogP contribution in [0.3, 0.4) is 0 Å². The van der Waals surface area contributed by atoms with E-state index in [0.717, 1.165) is 18.2 Å². The number of halogens is 6. The molecule has 696 valence electrons. The zero-order valence-corrected chi connectivity index (χ0v) is 91.4. The Hall–Kier alpha value is -9.31. The number of amides is 18. The van der Waals surface area contributed by atoms with E-state index in [0.29, 0.717) is 22.3 Å². The minimum absolute atomic E-state index is 0. The van der Waals surface area contributed by atoms with E-state index >= 15 is 0 Å². The molecule has 12 rings (SSSR count). The van der Waals surface area contributed by atoms with E-state index in [1.165, 1.54) is 73.7 Å². The topological polar surface area (TPSA) is 464 Å². The van der Waals surface area contributed by atoms with Crippen LogP contribution in [0.25, 0.3) is 31.9 Å². The molecular weight excluding hydrogens is 2730 g/mol. The van der Waals surface area contributed by atoms with Gasteiger partial charge in [0, 0.05) is 73.4 Å². The molecule has 30 nitrogen and oxygen atoms in total. The second kappa shape index (κ2) is 70.5. The van der Waals surface area contributed by atoms with Crippen LogP contribution in [0.1, 0.15) is 245 Å². The molecule has 130 heavy (non-hydrogen) atoms. The molecule has 6 fully saturated rings. The van der Waals surface area contributed by atoms with Crippen LogP contribution in [0.2, 0.25) is 0 Å². The first kappa shape index (κ1) is 131. The van der Waals surface area contributed by atoms with Crippen LogP contribution in [-0.2, 0) is 184 Å². The van der Waals surface area contributed by atoms with Crippen LogP contribution in [0, 0.1) is 99.0 Å². The number of nitrogens with zero attached hydrogens (tertiary/aromatic N) is 6. The van der Waals surface area contributed by atoms with Crippen molar-refractivity contribution in [3.8, 4) is 0 Å². The molecule has 0 saturated carbocycles. The van der Waals surface area contributed by atoms with Crippen molar-refractivity contribution >= 4 is 106 Å². The van der Waals surface area contributed by atoms with Crippen LogP contribution in [-0.4, -0.2) is 143 Å². The van der Waals surface area contributed by atoms with Gasteiger partial charge in [0.05, 0.1) is 0 Å². The van der Waals surface area contributed by atoms with E-state index in [-0.39, 0.29) is 266 Å². The predicted molar refractivity (Wildman–Crippen MR) is 442 cm³/mol. The summed E-state index contributed by atoms with van der Waals surface area (Å²) in [6.45, 7) is 30.3. The number of carbonyl (C=O) groups is 18. The van der Waals surface area contributed by atoms with Gasteiger partial charge >= 0.3 is 126 Å². The maximum Gasteiger partial charge on any atom is 2.00 e.